The van der Waals surface area contributed by atoms with Gasteiger partial charge in [-0.1, -0.05) is 18.0 Å². The van der Waals surface area contributed by atoms with Gasteiger partial charge < -0.3 is 16.0 Å². The molecule has 3 heterocycles. The van der Waals surface area contributed by atoms with Crippen molar-refractivity contribution in [3.05, 3.63) is 52.4 Å². The number of primary amides is 1. The van der Waals surface area contributed by atoms with E-state index in [0.717, 1.165) is 13.1 Å². The van der Waals surface area contributed by atoms with Crippen molar-refractivity contribution >= 4 is 51.1 Å². The first-order chi connectivity index (χ1) is 15.3. The Morgan fingerprint density at radius 1 is 1.28 bits per heavy atom. The Kier molecular flexibility index (Phi) is 7.94. The van der Waals surface area contributed by atoms with Crippen molar-refractivity contribution in [2.45, 2.75) is 19.3 Å². The van der Waals surface area contributed by atoms with E-state index in [0.29, 0.717) is 33.1 Å². The molecule has 3 aromatic rings. The highest BCUT2D eigenvalue weighted by Crippen LogP contribution is 2.23. The Hall–Kier alpha value is -2.82. The van der Waals surface area contributed by atoms with Gasteiger partial charge in [0.25, 0.3) is 5.91 Å². The summed E-state index contributed by atoms with van der Waals surface area (Å²) in [7, 11) is 1.03. The summed E-state index contributed by atoms with van der Waals surface area (Å²) in [5.41, 5.74) is 8.18. The maximum atomic E-state index is 11.4. The van der Waals surface area contributed by atoms with Crippen LogP contribution in [0.25, 0.3) is 11.2 Å². The quantitative estimate of drug-likeness (QED) is 0.420. The van der Waals surface area contributed by atoms with Crippen molar-refractivity contribution in [3.63, 3.8) is 0 Å². The van der Waals surface area contributed by atoms with Crippen LogP contribution in [-0.2, 0) is 11.0 Å². The number of nitrogens with zero attached hydrogens (tertiary/aromatic N) is 3. The number of carbonyl (C=O) groups excluding carboxylic acids is 1. The van der Waals surface area contributed by atoms with Crippen molar-refractivity contribution in [1.29, 1.82) is 5.41 Å². The standard InChI is InChI=1S/C15H13ClN6O.C6H13NOS/c1-19-10-4-7(16)2-3-8(10)12(17)11-6-21-15-13(22-11)9(5-20-15)14(18)23;1-9(8)7-5-3-2-4-6-7/h2-6,17,19H,1H3,(H2,18,23)(H,20,21);2-6H2,1H3. The second kappa shape index (κ2) is 10.7. The smallest absolute Gasteiger partial charge is 0.252 e. The number of benzene rings is 1. The van der Waals surface area contributed by atoms with Crippen molar-refractivity contribution in [3.8, 4) is 0 Å². The molecule has 0 saturated carbocycles. The fourth-order valence-electron chi connectivity index (χ4n) is 3.40. The van der Waals surface area contributed by atoms with Crippen LogP contribution in [0.1, 0.15) is 40.9 Å². The zero-order valence-corrected chi connectivity index (χ0v) is 19.5. The number of anilines is 1. The molecule has 11 heteroatoms. The van der Waals surface area contributed by atoms with Crippen LogP contribution in [0.15, 0.2) is 30.6 Å². The number of H-pyrrole nitrogens is 1. The fraction of sp³-hybridized carbons (Fsp3) is 0.333. The summed E-state index contributed by atoms with van der Waals surface area (Å²) in [4.78, 5) is 22.8. The van der Waals surface area contributed by atoms with Crippen LogP contribution in [0.4, 0.5) is 5.69 Å². The number of halogens is 1. The highest BCUT2D eigenvalue weighted by Gasteiger charge is 2.16. The van der Waals surface area contributed by atoms with Crippen LogP contribution in [-0.4, -0.2) is 61.5 Å². The minimum atomic E-state index is -0.719. The van der Waals surface area contributed by atoms with Crippen molar-refractivity contribution in [2.75, 3.05) is 31.7 Å². The number of hydrogen-bond acceptors (Lipinski definition) is 6. The van der Waals surface area contributed by atoms with Gasteiger partial charge in [-0.2, -0.15) is 0 Å². The number of fused-ring (bicyclic) bond motifs is 1. The first-order valence-corrected chi connectivity index (χ1v) is 12.0. The number of nitrogens with one attached hydrogen (secondary N) is 3. The second-order valence-corrected chi connectivity index (χ2v) is 9.05. The molecular weight excluding hydrogens is 450 g/mol. The highest BCUT2D eigenvalue weighted by molar-refractivity contribution is 7.81. The van der Waals surface area contributed by atoms with Gasteiger partial charge in [0.2, 0.25) is 0 Å². The third-order valence-corrected chi connectivity index (χ3v) is 6.43. The summed E-state index contributed by atoms with van der Waals surface area (Å²) < 4.78 is 12.9. The number of carbonyl (C=O) groups is 1. The molecule has 1 fully saturated rings. The first-order valence-electron chi connectivity index (χ1n) is 10.1. The Balaban J connectivity index is 0.000000269. The van der Waals surface area contributed by atoms with E-state index < -0.39 is 16.9 Å². The Labute approximate surface area is 193 Å². The maximum absolute atomic E-state index is 11.4. The van der Waals surface area contributed by atoms with E-state index in [-0.39, 0.29) is 11.3 Å². The lowest BCUT2D eigenvalue weighted by Crippen LogP contribution is -2.30. The number of aromatic amines is 1. The summed E-state index contributed by atoms with van der Waals surface area (Å²) in [6, 6.07) is 5.15. The zero-order valence-electron chi connectivity index (χ0n) is 17.9. The first kappa shape index (κ1) is 23.8. The minimum Gasteiger partial charge on any atom is -0.388 e. The van der Waals surface area contributed by atoms with Crippen molar-refractivity contribution in [1.82, 2.24) is 19.3 Å². The molecule has 1 aliphatic heterocycles. The number of aromatic nitrogens is 3. The third kappa shape index (κ3) is 5.50. The number of hydrogen-bond donors (Lipinski definition) is 4. The molecule has 0 spiro atoms. The molecule has 0 bridgehead atoms. The van der Waals surface area contributed by atoms with Crippen LogP contribution >= 0.6 is 11.6 Å². The average Bonchev–Trinajstić information content (AvgIpc) is 3.23. The van der Waals surface area contributed by atoms with Crippen LogP contribution < -0.4 is 11.1 Å². The Bertz CT molecular complexity index is 1160. The molecule has 2 aromatic heterocycles. The SMILES string of the molecule is CNc1cc(Cl)ccc1C(=N)c1cnc2[nH]cc(C(N)=O)c2n1.CS(=O)N1CCCCC1. The van der Waals surface area contributed by atoms with E-state index in [9.17, 15) is 9.00 Å². The van der Waals surface area contributed by atoms with Gasteiger partial charge in [-0.15, -0.1) is 0 Å². The average molecular weight is 476 g/mol. The highest BCUT2D eigenvalue weighted by atomic mass is 35.5. The molecule has 32 heavy (non-hydrogen) atoms. The molecule has 0 aliphatic carbocycles. The van der Waals surface area contributed by atoms with Crippen LogP contribution in [0.5, 0.6) is 0 Å². The van der Waals surface area contributed by atoms with Gasteiger partial charge in [0, 0.05) is 48.9 Å². The van der Waals surface area contributed by atoms with Crippen LogP contribution in [0.3, 0.4) is 0 Å². The van der Waals surface area contributed by atoms with E-state index in [1.54, 1.807) is 31.5 Å². The molecule has 4 rings (SSSR count). The summed E-state index contributed by atoms with van der Waals surface area (Å²) in [5, 5.41) is 11.9. The lowest BCUT2D eigenvalue weighted by molar-refractivity contribution is 0.100. The third-order valence-electron chi connectivity index (χ3n) is 5.10. The van der Waals surface area contributed by atoms with Crippen LogP contribution in [0, 0.1) is 5.41 Å². The fourth-order valence-corrected chi connectivity index (χ4v) is 4.35. The molecule has 9 nitrogen and oxygen atoms in total. The van der Waals surface area contributed by atoms with Crippen LogP contribution in [0.2, 0.25) is 5.02 Å². The zero-order chi connectivity index (χ0) is 23.3. The molecule has 170 valence electrons. The van der Waals surface area contributed by atoms with Gasteiger partial charge in [0.1, 0.15) is 11.2 Å². The normalized spacial score (nSPS) is 15.0. The van der Waals surface area contributed by atoms with E-state index in [1.807, 2.05) is 4.31 Å². The molecule has 5 N–H and O–H groups in total. The number of rotatable bonds is 5. The number of amides is 1. The van der Waals surface area contributed by atoms with Crippen molar-refractivity contribution in [2.24, 2.45) is 5.73 Å². The molecule has 1 unspecified atom stereocenters. The van der Waals surface area contributed by atoms with Gasteiger partial charge in [-0.3, -0.25) is 10.2 Å². The number of nitrogens with two attached hydrogens (primary N) is 1. The summed E-state index contributed by atoms with van der Waals surface area (Å²) in [6.07, 6.45) is 8.44. The molecular formula is C21H26ClN7O2S. The van der Waals surface area contributed by atoms with Gasteiger partial charge in [0.05, 0.1) is 28.5 Å². The van der Waals surface area contributed by atoms with E-state index in [1.165, 1.54) is 31.7 Å². The molecule has 1 amide bonds. The topological polar surface area (TPSA) is 141 Å². The predicted octanol–water partition coefficient (Wildman–Crippen LogP) is 2.93. The number of piperidine rings is 1. The van der Waals surface area contributed by atoms with Gasteiger partial charge >= 0.3 is 0 Å². The summed E-state index contributed by atoms with van der Waals surface area (Å²) >= 11 is 5.97. The molecule has 1 atom stereocenters. The van der Waals surface area contributed by atoms with Crippen molar-refractivity contribution < 1.29 is 9.00 Å². The second-order valence-electron chi connectivity index (χ2n) is 7.25. The van der Waals surface area contributed by atoms with E-state index >= 15 is 0 Å². The largest absolute Gasteiger partial charge is 0.388 e. The molecule has 1 saturated heterocycles. The Morgan fingerprint density at radius 2 is 2.00 bits per heavy atom. The summed E-state index contributed by atoms with van der Waals surface area (Å²) in [6.45, 7) is 2.06. The lowest BCUT2D eigenvalue weighted by Gasteiger charge is -2.22. The van der Waals surface area contributed by atoms with Gasteiger partial charge in [0.15, 0.2) is 5.65 Å². The van der Waals surface area contributed by atoms with E-state index in [4.69, 9.17) is 22.7 Å². The molecule has 1 aliphatic rings. The molecule has 1 aromatic carbocycles. The predicted molar refractivity (Wildman–Crippen MR) is 129 cm³/mol. The lowest BCUT2D eigenvalue weighted by atomic mass is 10.1. The minimum absolute atomic E-state index is 0.164. The Morgan fingerprint density at radius 3 is 2.59 bits per heavy atom. The molecule has 0 radical (unpaired) electrons. The van der Waals surface area contributed by atoms with Gasteiger partial charge in [-0.25, -0.2) is 18.5 Å². The summed E-state index contributed by atoms with van der Waals surface area (Å²) in [5.74, 6) is -0.600. The van der Waals surface area contributed by atoms with E-state index in [2.05, 4.69) is 20.3 Å². The maximum Gasteiger partial charge on any atom is 0.252 e. The monoisotopic (exact) mass is 475 g/mol. The van der Waals surface area contributed by atoms with Gasteiger partial charge in [-0.05, 0) is 31.0 Å².